The molecular formula is C17H27N3O3. The van der Waals surface area contributed by atoms with Gasteiger partial charge in [0.15, 0.2) is 0 Å². The van der Waals surface area contributed by atoms with Gasteiger partial charge in [0.05, 0.1) is 25.9 Å². The predicted molar refractivity (Wildman–Crippen MR) is 91.8 cm³/mol. The number of rotatable bonds is 9. The summed E-state index contributed by atoms with van der Waals surface area (Å²) in [5.74, 6) is 0.156. The number of methoxy groups -OCH3 is 1. The SMILES string of the molecule is CCCCN(C)CC(=O)NCC(=O)Nc1cc(C)ccc1OC. The number of hydrogen-bond donors (Lipinski definition) is 2. The van der Waals surface area contributed by atoms with Crippen molar-refractivity contribution in [2.75, 3.05) is 39.1 Å². The van der Waals surface area contributed by atoms with Crippen molar-refractivity contribution in [3.8, 4) is 5.75 Å². The zero-order valence-corrected chi connectivity index (χ0v) is 14.4. The third-order valence-corrected chi connectivity index (χ3v) is 3.38. The summed E-state index contributed by atoms with van der Waals surface area (Å²) in [5, 5.41) is 5.38. The minimum absolute atomic E-state index is 0.0580. The number of likely N-dealkylation sites (N-methyl/N-ethyl adjacent to an activating group) is 1. The first-order chi connectivity index (χ1) is 11.0. The smallest absolute Gasteiger partial charge is 0.243 e. The molecule has 23 heavy (non-hydrogen) atoms. The number of aryl methyl sites for hydroxylation is 1. The van der Waals surface area contributed by atoms with Crippen molar-refractivity contribution in [1.29, 1.82) is 0 Å². The van der Waals surface area contributed by atoms with Gasteiger partial charge in [-0.2, -0.15) is 0 Å². The molecule has 0 radical (unpaired) electrons. The lowest BCUT2D eigenvalue weighted by Crippen LogP contribution is -2.39. The average molecular weight is 321 g/mol. The molecule has 0 atom stereocenters. The molecule has 0 spiro atoms. The van der Waals surface area contributed by atoms with Gasteiger partial charge >= 0.3 is 0 Å². The Morgan fingerprint density at radius 1 is 1.26 bits per heavy atom. The minimum Gasteiger partial charge on any atom is -0.495 e. The highest BCUT2D eigenvalue weighted by Gasteiger charge is 2.10. The molecule has 0 unspecified atom stereocenters. The van der Waals surface area contributed by atoms with Gasteiger partial charge in [0.2, 0.25) is 11.8 Å². The van der Waals surface area contributed by atoms with Gasteiger partial charge in [-0.05, 0) is 44.6 Å². The topological polar surface area (TPSA) is 70.7 Å². The quantitative estimate of drug-likeness (QED) is 0.727. The Bertz CT molecular complexity index is 532. The van der Waals surface area contributed by atoms with Gasteiger partial charge in [-0.3, -0.25) is 14.5 Å². The van der Waals surface area contributed by atoms with E-state index in [1.165, 1.54) is 0 Å². The van der Waals surface area contributed by atoms with E-state index in [9.17, 15) is 9.59 Å². The highest BCUT2D eigenvalue weighted by atomic mass is 16.5. The van der Waals surface area contributed by atoms with E-state index in [1.807, 2.05) is 31.0 Å². The number of carbonyl (C=O) groups is 2. The van der Waals surface area contributed by atoms with E-state index in [1.54, 1.807) is 13.2 Å². The standard InChI is InChI=1S/C17H27N3O3/c1-5-6-9-20(3)12-17(22)18-11-16(21)19-14-10-13(2)7-8-15(14)23-4/h7-8,10H,5-6,9,11-12H2,1-4H3,(H,18,22)(H,19,21). The van der Waals surface area contributed by atoms with E-state index in [0.717, 1.165) is 24.9 Å². The molecule has 0 bridgehead atoms. The van der Waals surface area contributed by atoms with Crippen molar-refractivity contribution in [3.63, 3.8) is 0 Å². The molecule has 1 aromatic carbocycles. The van der Waals surface area contributed by atoms with Crippen molar-refractivity contribution in [2.45, 2.75) is 26.7 Å². The summed E-state index contributed by atoms with van der Waals surface area (Å²) in [5.41, 5.74) is 1.62. The largest absolute Gasteiger partial charge is 0.495 e. The lowest BCUT2D eigenvalue weighted by Gasteiger charge is -2.16. The van der Waals surface area contributed by atoms with Crippen molar-refractivity contribution in [1.82, 2.24) is 10.2 Å². The van der Waals surface area contributed by atoms with Crippen molar-refractivity contribution < 1.29 is 14.3 Å². The summed E-state index contributed by atoms with van der Waals surface area (Å²) in [7, 11) is 3.45. The van der Waals surface area contributed by atoms with E-state index in [2.05, 4.69) is 17.6 Å². The number of carbonyl (C=O) groups excluding carboxylic acids is 2. The maximum atomic E-state index is 12.0. The number of anilines is 1. The number of unbranched alkanes of at least 4 members (excludes halogenated alkanes) is 1. The van der Waals surface area contributed by atoms with Gasteiger partial charge in [-0.25, -0.2) is 0 Å². The molecule has 1 rings (SSSR count). The maximum Gasteiger partial charge on any atom is 0.243 e. The lowest BCUT2D eigenvalue weighted by molar-refractivity contribution is -0.124. The second-order valence-corrected chi connectivity index (χ2v) is 5.62. The second-order valence-electron chi connectivity index (χ2n) is 5.62. The van der Waals surface area contributed by atoms with Crippen molar-refractivity contribution in [3.05, 3.63) is 23.8 Å². The summed E-state index contributed by atoms with van der Waals surface area (Å²) >= 11 is 0. The molecule has 0 aliphatic heterocycles. The molecule has 6 nitrogen and oxygen atoms in total. The van der Waals surface area contributed by atoms with Gasteiger partial charge in [-0.15, -0.1) is 0 Å². The number of hydrogen-bond acceptors (Lipinski definition) is 4. The van der Waals surface area contributed by atoms with Crippen LogP contribution in [0.4, 0.5) is 5.69 Å². The molecule has 0 aliphatic rings. The molecule has 6 heteroatoms. The van der Waals surface area contributed by atoms with Gasteiger partial charge in [-0.1, -0.05) is 19.4 Å². The third kappa shape index (κ3) is 7.15. The summed E-state index contributed by atoms with van der Waals surface area (Å²) < 4.78 is 5.21. The van der Waals surface area contributed by atoms with Crippen LogP contribution in [-0.4, -0.2) is 50.5 Å². The van der Waals surface area contributed by atoms with Crippen LogP contribution in [0.3, 0.4) is 0 Å². The first kappa shape index (κ1) is 19.0. The average Bonchev–Trinajstić information content (AvgIpc) is 2.51. The highest BCUT2D eigenvalue weighted by molar-refractivity contribution is 5.95. The van der Waals surface area contributed by atoms with E-state index >= 15 is 0 Å². The Labute approximate surface area is 138 Å². The molecule has 0 heterocycles. The summed E-state index contributed by atoms with van der Waals surface area (Å²) in [6.45, 7) is 5.15. The Morgan fingerprint density at radius 2 is 2.00 bits per heavy atom. The minimum atomic E-state index is -0.279. The Morgan fingerprint density at radius 3 is 2.65 bits per heavy atom. The Kier molecular flexibility index (Phi) is 8.11. The van der Waals surface area contributed by atoms with E-state index < -0.39 is 0 Å². The number of ether oxygens (including phenoxy) is 1. The number of amides is 2. The fourth-order valence-corrected chi connectivity index (χ4v) is 2.10. The van der Waals surface area contributed by atoms with Gasteiger partial charge in [0.25, 0.3) is 0 Å². The lowest BCUT2D eigenvalue weighted by atomic mass is 10.2. The zero-order chi connectivity index (χ0) is 17.2. The molecule has 1 aromatic rings. The molecule has 0 aliphatic carbocycles. The van der Waals surface area contributed by atoms with Gasteiger partial charge in [0.1, 0.15) is 5.75 Å². The van der Waals surface area contributed by atoms with Crippen LogP contribution in [-0.2, 0) is 9.59 Å². The Hall–Kier alpha value is -2.08. The van der Waals surface area contributed by atoms with E-state index in [4.69, 9.17) is 4.74 Å². The van der Waals surface area contributed by atoms with Crippen LogP contribution in [0.5, 0.6) is 5.75 Å². The summed E-state index contributed by atoms with van der Waals surface area (Å²) in [4.78, 5) is 25.7. The molecule has 128 valence electrons. The monoisotopic (exact) mass is 321 g/mol. The van der Waals surface area contributed by atoms with Crippen LogP contribution >= 0.6 is 0 Å². The summed E-state index contributed by atoms with van der Waals surface area (Å²) in [6, 6.07) is 5.53. The first-order valence-corrected chi connectivity index (χ1v) is 7.86. The Balaban J connectivity index is 2.42. The zero-order valence-electron chi connectivity index (χ0n) is 14.4. The van der Waals surface area contributed by atoms with Crippen molar-refractivity contribution in [2.24, 2.45) is 0 Å². The van der Waals surface area contributed by atoms with Gasteiger partial charge in [0, 0.05) is 0 Å². The molecule has 0 fully saturated rings. The van der Waals surface area contributed by atoms with E-state index in [-0.39, 0.29) is 18.4 Å². The number of nitrogens with one attached hydrogen (secondary N) is 2. The maximum absolute atomic E-state index is 12.0. The number of nitrogens with zero attached hydrogens (tertiary/aromatic N) is 1. The third-order valence-electron chi connectivity index (χ3n) is 3.38. The van der Waals surface area contributed by atoms with Crippen LogP contribution < -0.4 is 15.4 Å². The molecule has 0 aromatic heterocycles. The van der Waals surface area contributed by atoms with Crippen LogP contribution in [0.1, 0.15) is 25.3 Å². The molecule has 0 saturated carbocycles. The molecule has 2 amide bonds. The molecule has 0 saturated heterocycles. The van der Waals surface area contributed by atoms with Crippen LogP contribution in [0.2, 0.25) is 0 Å². The van der Waals surface area contributed by atoms with Crippen LogP contribution in [0.25, 0.3) is 0 Å². The molecule has 2 N–H and O–H groups in total. The fraction of sp³-hybridized carbons (Fsp3) is 0.529. The second kappa shape index (κ2) is 9.84. The van der Waals surface area contributed by atoms with E-state index in [0.29, 0.717) is 18.0 Å². The van der Waals surface area contributed by atoms with Gasteiger partial charge < -0.3 is 15.4 Å². The highest BCUT2D eigenvalue weighted by Crippen LogP contribution is 2.24. The molecular weight excluding hydrogens is 294 g/mol. The van der Waals surface area contributed by atoms with Crippen LogP contribution in [0, 0.1) is 6.92 Å². The normalized spacial score (nSPS) is 10.5. The number of benzene rings is 1. The van der Waals surface area contributed by atoms with Crippen LogP contribution in [0.15, 0.2) is 18.2 Å². The van der Waals surface area contributed by atoms with Crippen molar-refractivity contribution >= 4 is 17.5 Å². The predicted octanol–water partition coefficient (Wildman–Crippen LogP) is 1.79. The fourth-order valence-electron chi connectivity index (χ4n) is 2.10. The summed E-state index contributed by atoms with van der Waals surface area (Å²) in [6.07, 6.45) is 2.14. The first-order valence-electron chi connectivity index (χ1n) is 7.86.